The van der Waals surface area contributed by atoms with E-state index >= 15 is 0 Å². The Balaban J connectivity index is 1.77. The van der Waals surface area contributed by atoms with Crippen LogP contribution in [0.1, 0.15) is 69.2 Å². The zero-order valence-electron chi connectivity index (χ0n) is 11.8. The molecular formula is C15H23N3O. The van der Waals surface area contributed by atoms with Crippen LogP contribution in [0.3, 0.4) is 0 Å². The Morgan fingerprint density at radius 2 is 2.16 bits per heavy atom. The molecule has 4 nitrogen and oxygen atoms in total. The van der Waals surface area contributed by atoms with Gasteiger partial charge in [0.15, 0.2) is 0 Å². The van der Waals surface area contributed by atoms with Crippen LogP contribution in [0.25, 0.3) is 0 Å². The minimum atomic E-state index is -0.522. The number of rotatable bonds is 5. The molecule has 19 heavy (non-hydrogen) atoms. The number of hydrogen-bond donors (Lipinski definition) is 2. The summed E-state index contributed by atoms with van der Waals surface area (Å²) in [5.41, 5.74) is 1.59. The smallest absolute Gasteiger partial charge is 0.148 e. The van der Waals surface area contributed by atoms with E-state index in [-0.39, 0.29) is 0 Å². The molecule has 3 rings (SSSR count). The molecule has 2 aliphatic carbocycles. The highest BCUT2D eigenvalue weighted by Gasteiger charge is 2.34. The van der Waals surface area contributed by atoms with Crippen LogP contribution in [0, 0.1) is 0 Å². The van der Waals surface area contributed by atoms with Crippen molar-refractivity contribution in [3.63, 3.8) is 0 Å². The molecule has 1 aromatic heterocycles. The summed E-state index contributed by atoms with van der Waals surface area (Å²) in [6, 6.07) is 0. The second-order valence-corrected chi connectivity index (χ2v) is 6.39. The van der Waals surface area contributed by atoms with Crippen molar-refractivity contribution in [3.05, 3.63) is 17.6 Å². The lowest BCUT2D eigenvalue weighted by atomic mass is 9.80. The summed E-state index contributed by atoms with van der Waals surface area (Å²) >= 11 is 0. The number of nitrogens with one attached hydrogen (secondary N) is 1. The maximum atomic E-state index is 10.2. The van der Waals surface area contributed by atoms with E-state index < -0.39 is 5.60 Å². The van der Waals surface area contributed by atoms with Crippen molar-refractivity contribution in [3.8, 4) is 0 Å². The minimum Gasteiger partial charge on any atom is -0.388 e. The van der Waals surface area contributed by atoms with Crippen molar-refractivity contribution >= 4 is 5.82 Å². The summed E-state index contributed by atoms with van der Waals surface area (Å²) in [4.78, 5) is 9.31. The molecule has 1 heterocycles. The number of anilines is 1. The van der Waals surface area contributed by atoms with Crippen molar-refractivity contribution in [2.45, 2.75) is 63.4 Å². The van der Waals surface area contributed by atoms with Crippen LogP contribution in [0.15, 0.2) is 6.20 Å². The van der Waals surface area contributed by atoms with E-state index in [1.807, 2.05) is 6.20 Å². The maximum Gasteiger partial charge on any atom is 0.148 e. The Labute approximate surface area is 114 Å². The second kappa shape index (κ2) is 4.75. The third-order valence-electron chi connectivity index (χ3n) is 4.23. The van der Waals surface area contributed by atoms with E-state index in [9.17, 15) is 5.11 Å². The molecule has 0 spiro atoms. The Morgan fingerprint density at radius 1 is 1.42 bits per heavy atom. The number of aliphatic hydroxyl groups is 1. The van der Waals surface area contributed by atoms with Gasteiger partial charge in [-0.1, -0.05) is 13.8 Å². The van der Waals surface area contributed by atoms with E-state index in [0.717, 1.165) is 36.5 Å². The average Bonchev–Trinajstić information content (AvgIpc) is 3.17. The molecule has 0 bridgehead atoms. The van der Waals surface area contributed by atoms with Crippen LogP contribution in [-0.2, 0) is 0 Å². The highest BCUT2D eigenvalue weighted by molar-refractivity contribution is 5.43. The van der Waals surface area contributed by atoms with Gasteiger partial charge >= 0.3 is 0 Å². The van der Waals surface area contributed by atoms with Gasteiger partial charge in [-0.25, -0.2) is 4.98 Å². The van der Waals surface area contributed by atoms with Crippen molar-refractivity contribution in [1.29, 1.82) is 0 Å². The monoisotopic (exact) mass is 261 g/mol. The summed E-state index contributed by atoms with van der Waals surface area (Å²) in [5, 5.41) is 13.5. The molecule has 0 radical (unpaired) electrons. The van der Waals surface area contributed by atoms with E-state index in [2.05, 4.69) is 24.1 Å². The van der Waals surface area contributed by atoms with Crippen molar-refractivity contribution < 1.29 is 5.11 Å². The van der Waals surface area contributed by atoms with E-state index in [4.69, 9.17) is 4.98 Å². The first-order valence-electron chi connectivity index (χ1n) is 7.40. The summed E-state index contributed by atoms with van der Waals surface area (Å²) in [6.45, 7) is 4.85. The predicted molar refractivity (Wildman–Crippen MR) is 75.4 cm³/mol. The van der Waals surface area contributed by atoms with Crippen molar-refractivity contribution in [1.82, 2.24) is 9.97 Å². The Kier molecular flexibility index (Phi) is 3.21. The topological polar surface area (TPSA) is 58.0 Å². The molecule has 2 N–H and O–H groups in total. The molecule has 0 aromatic carbocycles. The molecule has 104 valence electrons. The fourth-order valence-electron chi connectivity index (χ4n) is 2.55. The molecule has 2 fully saturated rings. The summed E-state index contributed by atoms with van der Waals surface area (Å²) in [5.74, 6) is 1.83. The Morgan fingerprint density at radius 3 is 2.68 bits per heavy atom. The van der Waals surface area contributed by atoms with E-state index in [1.165, 1.54) is 12.8 Å². The number of hydrogen-bond acceptors (Lipinski definition) is 4. The number of aromatic nitrogens is 2. The first-order valence-corrected chi connectivity index (χ1v) is 7.40. The zero-order chi connectivity index (χ0) is 13.5. The van der Waals surface area contributed by atoms with Crippen LogP contribution in [0.2, 0.25) is 0 Å². The molecule has 0 aliphatic heterocycles. The van der Waals surface area contributed by atoms with Gasteiger partial charge in [0, 0.05) is 18.7 Å². The third kappa shape index (κ3) is 2.73. The van der Waals surface area contributed by atoms with Gasteiger partial charge in [-0.05, 0) is 38.0 Å². The minimum absolute atomic E-state index is 0.347. The maximum absolute atomic E-state index is 10.2. The fourth-order valence-corrected chi connectivity index (χ4v) is 2.55. The molecule has 1 aromatic rings. The lowest BCUT2D eigenvalue weighted by Crippen LogP contribution is -2.43. The molecule has 4 heteroatoms. The van der Waals surface area contributed by atoms with Crippen LogP contribution >= 0.6 is 0 Å². The Hall–Kier alpha value is -1.16. The van der Waals surface area contributed by atoms with Crippen LogP contribution in [0.5, 0.6) is 0 Å². The highest BCUT2D eigenvalue weighted by atomic mass is 16.3. The SMILES string of the molecule is CC(C)c1ncc(C2CC2)nc1NCC1(O)CCC1. The van der Waals surface area contributed by atoms with Gasteiger partial charge < -0.3 is 10.4 Å². The van der Waals surface area contributed by atoms with E-state index in [1.54, 1.807) is 0 Å². The van der Waals surface area contributed by atoms with Crippen LogP contribution in [-0.4, -0.2) is 27.2 Å². The molecule has 0 saturated heterocycles. The van der Waals surface area contributed by atoms with Gasteiger partial charge in [-0.3, -0.25) is 4.98 Å². The lowest BCUT2D eigenvalue weighted by molar-refractivity contribution is -0.0202. The largest absolute Gasteiger partial charge is 0.388 e. The summed E-state index contributed by atoms with van der Waals surface area (Å²) < 4.78 is 0. The van der Waals surface area contributed by atoms with Crippen LogP contribution in [0.4, 0.5) is 5.82 Å². The fraction of sp³-hybridized carbons (Fsp3) is 0.733. The molecule has 0 atom stereocenters. The number of nitrogens with zero attached hydrogens (tertiary/aromatic N) is 2. The van der Waals surface area contributed by atoms with Crippen molar-refractivity contribution in [2.24, 2.45) is 0 Å². The predicted octanol–water partition coefficient (Wildman–Crippen LogP) is 2.80. The third-order valence-corrected chi connectivity index (χ3v) is 4.23. The standard InChI is InChI=1S/C15H23N3O/c1-10(2)13-14(17-9-15(19)6-3-7-15)18-12(8-16-13)11-4-5-11/h8,10-11,19H,3-7,9H2,1-2H3,(H,17,18). The Bertz CT molecular complexity index is 464. The van der Waals surface area contributed by atoms with Gasteiger partial charge in [0.25, 0.3) is 0 Å². The van der Waals surface area contributed by atoms with Gasteiger partial charge in [0.2, 0.25) is 0 Å². The van der Waals surface area contributed by atoms with Crippen LogP contribution < -0.4 is 5.32 Å². The van der Waals surface area contributed by atoms with Gasteiger partial charge in [0.1, 0.15) is 5.82 Å². The quantitative estimate of drug-likeness (QED) is 0.855. The molecule has 2 aliphatic rings. The average molecular weight is 261 g/mol. The molecule has 0 unspecified atom stereocenters. The summed E-state index contributed by atoms with van der Waals surface area (Å²) in [7, 11) is 0. The molecule has 2 saturated carbocycles. The first-order chi connectivity index (χ1) is 9.07. The lowest BCUT2D eigenvalue weighted by Gasteiger charge is -2.36. The molecule has 0 amide bonds. The summed E-state index contributed by atoms with van der Waals surface area (Å²) in [6.07, 6.45) is 7.32. The van der Waals surface area contributed by atoms with Gasteiger partial charge in [0.05, 0.1) is 17.0 Å². The normalized spacial score (nSPS) is 21.3. The molecular weight excluding hydrogens is 238 g/mol. The van der Waals surface area contributed by atoms with Crippen molar-refractivity contribution in [2.75, 3.05) is 11.9 Å². The first kappa shape index (κ1) is 12.9. The van der Waals surface area contributed by atoms with E-state index in [0.29, 0.717) is 18.4 Å². The zero-order valence-corrected chi connectivity index (χ0v) is 11.8. The highest BCUT2D eigenvalue weighted by Crippen LogP contribution is 2.40. The van der Waals surface area contributed by atoms with Gasteiger partial charge in [-0.2, -0.15) is 0 Å². The van der Waals surface area contributed by atoms with Gasteiger partial charge in [-0.15, -0.1) is 0 Å². The second-order valence-electron chi connectivity index (χ2n) is 6.39.